The smallest absolute Gasteiger partial charge is 0.267 e. The van der Waals surface area contributed by atoms with E-state index in [4.69, 9.17) is 0 Å². The highest BCUT2D eigenvalue weighted by atomic mass is 32.2. The molecule has 1 amide bonds. The predicted octanol–water partition coefficient (Wildman–Crippen LogP) is 1.93. The van der Waals surface area contributed by atoms with Gasteiger partial charge in [0.05, 0.1) is 29.5 Å². The number of sulfone groups is 1. The van der Waals surface area contributed by atoms with Crippen molar-refractivity contribution in [3.8, 4) is 0 Å². The van der Waals surface area contributed by atoms with Crippen LogP contribution >= 0.6 is 0 Å². The summed E-state index contributed by atoms with van der Waals surface area (Å²) in [6.45, 7) is 5.68. The van der Waals surface area contributed by atoms with E-state index in [1.165, 1.54) is 0 Å². The average Bonchev–Trinajstić information content (AvgIpc) is 3.08. The van der Waals surface area contributed by atoms with Gasteiger partial charge in [-0.15, -0.1) is 0 Å². The zero-order valence-electron chi connectivity index (χ0n) is 15.1. The van der Waals surface area contributed by atoms with Gasteiger partial charge in [-0.25, -0.2) is 13.8 Å². The molecule has 0 aliphatic carbocycles. The maximum atomic E-state index is 12.1. The molecule has 0 spiro atoms. The molecule has 138 valence electrons. The number of aryl methyl sites for hydroxylation is 2. The van der Waals surface area contributed by atoms with Crippen LogP contribution in [0.2, 0.25) is 0 Å². The Morgan fingerprint density at radius 3 is 2.58 bits per heavy atom. The normalized spacial score (nSPS) is 19.1. The molecule has 1 saturated heterocycles. The monoisotopic (exact) mass is 374 g/mol. The van der Waals surface area contributed by atoms with Crippen molar-refractivity contribution >= 4 is 22.0 Å². The van der Waals surface area contributed by atoms with Gasteiger partial charge in [0.15, 0.2) is 9.84 Å². The number of carbonyl (C=O) groups excluding carboxylic acids is 1. The van der Waals surface area contributed by atoms with Gasteiger partial charge < -0.3 is 0 Å². The fourth-order valence-electron chi connectivity index (χ4n) is 3.11. The fraction of sp³-hybridized carbons (Fsp3) is 0.389. The van der Waals surface area contributed by atoms with Gasteiger partial charge in [-0.3, -0.25) is 9.48 Å². The topological polar surface area (TPSA) is 93.4 Å². The maximum absolute atomic E-state index is 12.1. The van der Waals surface area contributed by atoms with Gasteiger partial charge in [-0.1, -0.05) is 17.7 Å². The van der Waals surface area contributed by atoms with Gasteiger partial charge in [0.1, 0.15) is 0 Å². The predicted molar refractivity (Wildman–Crippen MR) is 100 cm³/mol. The number of hydrogen-bond donors (Lipinski definition) is 1. The summed E-state index contributed by atoms with van der Waals surface area (Å²) in [5.41, 5.74) is 6.51. The molecule has 1 atom stereocenters. The van der Waals surface area contributed by atoms with Crippen LogP contribution in [-0.2, 0) is 9.84 Å². The third-order valence-electron chi connectivity index (χ3n) is 4.61. The molecule has 2 heterocycles. The van der Waals surface area contributed by atoms with Crippen molar-refractivity contribution in [1.29, 1.82) is 0 Å². The fourth-order valence-corrected chi connectivity index (χ4v) is 4.80. The van der Waals surface area contributed by atoms with Gasteiger partial charge in [-0.2, -0.15) is 10.2 Å². The quantitative estimate of drug-likeness (QED) is 0.654. The van der Waals surface area contributed by atoms with Gasteiger partial charge in [0.2, 0.25) is 0 Å². The van der Waals surface area contributed by atoms with E-state index in [1.807, 2.05) is 32.9 Å². The van der Waals surface area contributed by atoms with Crippen LogP contribution < -0.4 is 5.43 Å². The number of hydrazone groups is 1. The minimum absolute atomic E-state index is 0.121. The number of benzene rings is 1. The summed E-state index contributed by atoms with van der Waals surface area (Å²) < 4.78 is 25.2. The van der Waals surface area contributed by atoms with Crippen molar-refractivity contribution in [3.05, 3.63) is 52.3 Å². The lowest BCUT2D eigenvalue weighted by atomic mass is 10.1. The minimum atomic E-state index is -2.98. The molecule has 26 heavy (non-hydrogen) atoms. The third-order valence-corrected chi connectivity index (χ3v) is 6.36. The van der Waals surface area contributed by atoms with Crippen molar-refractivity contribution in [3.63, 3.8) is 0 Å². The van der Waals surface area contributed by atoms with E-state index in [0.717, 1.165) is 22.5 Å². The second-order valence-corrected chi connectivity index (χ2v) is 8.88. The highest BCUT2D eigenvalue weighted by Gasteiger charge is 2.31. The van der Waals surface area contributed by atoms with Crippen LogP contribution in [-0.4, -0.2) is 41.8 Å². The number of aromatic nitrogens is 2. The van der Waals surface area contributed by atoms with E-state index in [9.17, 15) is 13.2 Å². The molecule has 0 bridgehead atoms. The number of nitrogens with one attached hydrogen (secondary N) is 1. The van der Waals surface area contributed by atoms with Crippen molar-refractivity contribution in [2.75, 3.05) is 11.5 Å². The molecule has 1 aromatic carbocycles. The van der Waals surface area contributed by atoms with Crippen LogP contribution in [0.3, 0.4) is 0 Å². The zero-order valence-corrected chi connectivity index (χ0v) is 15.9. The van der Waals surface area contributed by atoms with Crippen LogP contribution in [0.5, 0.6) is 0 Å². The molecule has 2 aromatic rings. The molecular weight excluding hydrogens is 352 g/mol. The lowest BCUT2D eigenvalue weighted by Gasteiger charge is -2.10. The lowest BCUT2D eigenvalue weighted by molar-refractivity contribution is 0.0955. The summed E-state index contributed by atoms with van der Waals surface area (Å²) in [7, 11) is -2.98. The van der Waals surface area contributed by atoms with Crippen molar-refractivity contribution in [2.24, 2.45) is 5.10 Å². The number of rotatable bonds is 4. The minimum Gasteiger partial charge on any atom is -0.267 e. The first-order valence-electron chi connectivity index (χ1n) is 8.43. The van der Waals surface area contributed by atoms with E-state index < -0.39 is 9.84 Å². The summed E-state index contributed by atoms with van der Waals surface area (Å²) in [6.07, 6.45) is 2.13. The average molecular weight is 374 g/mol. The Kier molecular flexibility index (Phi) is 4.95. The molecular formula is C18H22N4O3S. The molecule has 1 aliphatic heterocycles. The molecule has 1 aromatic heterocycles. The highest BCUT2D eigenvalue weighted by Crippen LogP contribution is 2.26. The molecule has 8 heteroatoms. The maximum Gasteiger partial charge on any atom is 0.271 e. The zero-order chi connectivity index (χ0) is 18.9. The second kappa shape index (κ2) is 7.03. The summed E-state index contributed by atoms with van der Waals surface area (Å²) in [5.74, 6) is 0.0349. The second-order valence-electron chi connectivity index (χ2n) is 6.65. The largest absolute Gasteiger partial charge is 0.271 e. The van der Waals surface area contributed by atoms with Crippen molar-refractivity contribution in [2.45, 2.75) is 33.2 Å². The first kappa shape index (κ1) is 18.3. The summed E-state index contributed by atoms with van der Waals surface area (Å²) in [5, 5.41) is 8.51. The molecule has 1 N–H and O–H groups in total. The Balaban J connectivity index is 1.73. The Bertz CT molecular complexity index is 959. The number of carbonyl (C=O) groups is 1. The van der Waals surface area contributed by atoms with Crippen LogP contribution in [0, 0.1) is 20.8 Å². The van der Waals surface area contributed by atoms with Gasteiger partial charge >= 0.3 is 0 Å². The van der Waals surface area contributed by atoms with Gasteiger partial charge in [0, 0.05) is 16.8 Å². The lowest BCUT2D eigenvalue weighted by Crippen LogP contribution is -2.17. The standard InChI is InChI=1S/C18H22N4O3S/c1-12-4-6-15(7-5-12)18(23)20-19-10-17-13(2)21-22(14(17)3)16-8-9-26(24,25)11-16/h4-7,10,16H,8-9,11H2,1-3H3,(H,20,23)/b19-10-/t16-/m1/s1. The first-order chi connectivity index (χ1) is 12.3. The van der Waals surface area contributed by atoms with Gasteiger partial charge in [0.25, 0.3) is 5.91 Å². The van der Waals surface area contributed by atoms with Crippen LogP contribution in [0.15, 0.2) is 29.4 Å². The summed E-state index contributed by atoms with van der Waals surface area (Å²) in [6, 6.07) is 7.09. The van der Waals surface area contributed by atoms with Crippen LogP contribution in [0.25, 0.3) is 0 Å². The molecule has 7 nitrogen and oxygen atoms in total. The Morgan fingerprint density at radius 1 is 1.27 bits per heavy atom. The molecule has 0 saturated carbocycles. The van der Waals surface area contributed by atoms with Crippen LogP contribution in [0.4, 0.5) is 0 Å². The summed E-state index contributed by atoms with van der Waals surface area (Å²) in [4.78, 5) is 12.1. The molecule has 3 rings (SSSR count). The number of nitrogens with zero attached hydrogens (tertiary/aromatic N) is 3. The Labute approximate surface area is 153 Å². The van der Waals surface area contributed by atoms with Crippen LogP contribution in [0.1, 0.15) is 45.3 Å². The molecule has 1 aliphatic rings. The highest BCUT2D eigenvalue weighted by molar-refractivity contribution is 7.91. The van der Waals surface area contributed by atoms with E-state index in [0.29, 0.717) is 12.0 Å². The van der Waals surface area contributed by atoms with Crippen molar-refractivity contribution in [1.82, 2.24) is 15.2 Å². The van der Waals surface area contributed by atoms with E-state index in [-0.39, 0.29) is 23.5 Å². The number of hydrogen-bond acceptors (Lipinski definition) is 5. The SMILES string of the molecule is Cc1ccc(C(=O)N/N=C\c2c(C)nn([C@@H]3CCS(=O)(=O)C3)c2C)cc1. The van der Waals surface area contributed by atoms with E-state index >= 15 is 0 Å². The Hall–Kier alpha value is -2.48. The molecule has 0 radical (unpaired) electrons. The Morgan fingerprint density at radius 2 is 1.96 bits per heavy atom. The van der Waals surface area contributed by atoms with Crippen molar-refractivity contribution < 1.29 is 13.2 Å². The molecule has 1 fully saturated rings. The summed E-state index contributed by atoms with van der Waals surface area (Å²) >= 11 is 0. The first-order valence-corrected chi connectivity index (χ1v) is 10.2. The van der Waals surface area contributed by atoms with E-state index in [1.54, 1.807) is 23.0 Å². The molecule has 0 unspecified atom stereocenters. The third kappa shape index (κ3) is 3.85. The van der Waals surface area contributed by atoms with Gasteiger partial charge in [-0.05, 0) is 39.3 Å². The van der Waals surface area contributed by atoms with E-state index in [2.05, 4.69) is 15.6 Å². The number of amides is 1.